The van der Waals surface area contributed by atoms with Crippen LogP contribution in [0.25, 0.3) is 10.9 Å². The number of anilines is 3. The Morgan fingerprint density at radius 1 is 0.934 bits per heavy atom. The number of thioether (sulfide) groups is 1. The second kappa shape index (κ2) is 21.0. The molecular formula is C41H42ClFN6O11S. The second-order valence-corrected chi connectivity index (χ2v) is 15.4. The number of nitrogens with one attached hydrogen (secondary N) is 3. The molecule has 2 atom stereocenters. The van der Waals surface area contributed by atoms with Gasteiger partial charge in [0.2, 0.25) is 17.7 Å². The normalized spacial score (nSPS) is 17.5. The van der Waals surface area contributed by atoms with Crippen molar-refractivity contribution in [3.05, 3.63) is 76.8 Å². The van der Waals surface area contributed by atoms with Crippen LogP contribution in [-0.2, 0) is 38.1 Å². The lowest BCUT2D eigenvalue weighted by molar-refractivity contribution is -0.136. The average molecular weight is 881 g/mol. The Kier molecular flexibility index (Phi) is 15.1. The van der Waals surface area contributed by atoms with Crippen LogP contribution >= 0.6 is 23.4 Å². The number of fused-ring (bicyclic) bond motifs is 2. The zero-order valence-electron chi connectivity index (χ0n) is 32.7. The molecular weight excluding hydrogens is 839 g/mol. The summed E-state index contributed by atoms with van der Waals surface area (Å²) in [5.41, 5.74) is 1.93. The Morgan fingerprint density at radius 3 is 2.44 bits per heavy atom. The molecule has 3 N–H and O–H groups in total. The molecule has 4 aromatic rings. The fourth-order valence-electron chi connectivity index (χ4n) is 6.70. The van der Waals surface area contributed by atoms with Gasteiger partial charge < -0.3 is 39.1 Å². The van der Waals surface area contributed by atoms with E-state index >= 15 is 0 Å². The summed E-state index contributed by atoms with van der Waals surface area (Å²) in [7, 11) is 0. The molecule has 61 heavy (non-hydrogen) atoms. The van der Waals surface area contributed by atoms with E-state index in [1.807, 2.05) is 0 Å². The SMILES string of the molecule is O=C1CCC(N2C(=O)c3cccc(SCCOCCOCCOCCOCC(=O)Nc4cc5c(Nc6ccc(F)c(Cl)c6)ncnc5cc4O[C@H]4CCOC4)c3C2=O)C(=O)N1. The van der Waals surface area contributed by atoms with E-state index in [4.69, 9.17) is 40.0 Å². The van der Waals surface area contributed by atoms with Crippen molar-refractivity contribution in [3.8, 4) is 5.75 Å². The molecule has 17 nitrogen and oxygen atoms in total. The zero-order chi connectivity index (χ0) is 42.7. The predicted octanol–water partition coefficient (Wildman–Crippen LogP) is 4.53. The van der Waals surface area contributed by atoms with Gasteiger partial charge in [0, 0.05) is 40.6 Å². The molecule has 0 spiro atoms. The molecule has 1 aromatic heterocycles. The second-order valence-electron chi connectivity index (χ2n) is 13.9. The molecule has 20 heteroatoms. The van der Waals surface area contributed by atoms with Gasteiger partial charge >= 0.3 is 0 Å². The maximum atomic E-state index is 13.7. The van der Waals surface area contributed by atoms with Gasteiger partial charge in [0.15, 0.2) is 0 Å². The van der Waals surface area contributed by atoms with Crippen molar-refractivity contribution in [2.75, 3.05) is 82.5 Å². The molecule has 5 amide bonds. The van der Waals surface area contributed by atoms with Gasteiger partial charge in [-0.25, -0.2) is 14.4 Å². The third-order valence-corrected chi connectivity index (χ3v) is 11.0. The first-order chi connectivity index (χ1) is 29.7. The Bertz CT molecular complexity index is 2280. The lowest BCUT2D eigenvalue weighted by Crippen LogP contribution is -2.54. The highest BCUT2D eigenvalue weighted by Gasteiger charge is 2.45. The van der Waals surface area contributed by atoms with Crippen LogP contribution in [0.4, 0.5) is 21.6 Å². The summed E-state index contributed by atoms with van der Waals surface area (Å²) >= 11 is 7.34. The van der Waals surface area contributed by atoms with Crippen molar-refractivity contribution in [3.63, 3.8) is 0 Å². The van der Waals surface area contributed by atoms with Crippen LogP contribution in [-0.4, -0.2) is 128 Å². The summed E-state index contributed by atoms with van der Waals surface area (Å²) in [5.74, 6) is -1.81. The van der Waals surface area contributed by atoms with E-state index < -0.39 is 41.4 Å². The van der Waals surface area contributed by atoms with Gasteiger partial charge in [0.1, 0.15) is 42.5 Å². The van der Waals surface area contributed by atoms with Gasteiger partial charge in [-0.15, -0.1) is 11.8 Å². The highest BCUT2D eigenvalue weighted by molar-refractivity contribution is 7.99. The highest BCUT2D eigenvalue weighted by Crippen LogP contribution is 2.36. The predicted molar refractivity (Wildman–Crippen MR) is 220 cm³/mol. The molecule has 4 heterocycles. The molecule has 7 rings (SSSR count). The van der Waals surface area contributed by atoms with Crippen molar-refractivity contribution >= 4 is 81.0 Å². The first-order valence-electron chi connectivity index (χ1n) is 19.5. The lowest BCUT2D eigenvalue weighted by atomic mass is 10.0. The van der Waals surface area contributed by atoms with Crippen LogP contribution in [0.5, 0.6) is 5.75 Å². The van der Waals surface area contributed by atoms with E-state index in [2.05, 4.69) is 25.9 Å². The van der Waals surface area contributed by atoms with Crippen LogP contribution in [0.1, 0.15) is 40.0 Å². The third-order valence-electron chi connectivity index (χ3n) is 9.64. The Hall–Kier alpha value is -5.28. The van der Waals surface area contributed by atoms with Crippen molar-refractivity contribution in [2.24, 2.45) is 0 Å². The van der Waals surface area contributed by atoms with Crippen LogP contribution in [0.2, 0.25) is 5.02 Å². The maximum Gasteiger partial charge on any atom is 0.263 e. The molecule has 3 aliphatic rings. The largest absolute Gasteiger partial charge is 0.486 e. The highest BCUT2D eigenvalue weighted by atomic mass is 35.5. The Balaban J connectivity index is 0.778. The number of nitrogens with zero attached hydrogens (tertiary/aromatic N) is 3. The molecule has 0 radical (unpaired) electrons. The molecule has 1 unspecified atom stereocenters. The summed E-state index contributed by atoms with van der Waals surface area (Å²) in [6.07, 6.45) is 2.03. The first-order valence-corrected chi connectivity index (χ1v) is 20.9. The molecule has 2 fully saturated rings. The van der Waals surface area contributed by atoms with Crippen molar-refractivity contribution in [1.82, 2.24) is 20.2 Å². The van der Waals surface area contributed by atoms with Gasteiger partial charge in [-0.2, -0.15) is 0 Å². The van der Waals surface area contributed by atoms with Gasteiger partial charge in [0.25, 0.3) is 11.8 Å². The van der Waals surface area contributed by atoms with E-state index in [1.54, 1.807) is 30.3 Å². The van der Waals surface area contributed by atoms with Gasteiger partial charge in [0.05, 0.1) is 86.8 Å². The maximum absolute atomic E-state index is 13.7. The van der Waals surface area contributed by atoms with E-state index in [0.29, 0.717) is 97.2 Å². The Labute approximate surface area is 358 Å². The topological polar surface area (TPSA) is 206 Å². The minimum Gasteiger partial charge on any atom is -0.486 e. The van der Waals surface area contributed by atoms with Crippen LogP contribution in [0.3, 0.4) is 0 Å². The molecule has 0 bridgehead atoms. The van der Waals surface area contributed by atoms with E-state index in [-0.39, 0.29) is 54.9 Å². The van der Waals surface area contributed by atoms with Crippen LogP contribution in [0.15, 0.2) is 59.8 Å². The molecule has 3 aliphatic heterocycles. The van der Waals surface area contributed by atoms with E-state index in [1.165, 1.54) is 36.3 Å². The molecule has 0 aliphatic carbocycles. The number of carbonyl (C=O) groups is 5. The van der Waals surface area contributed by atoms with Crippen molar-refractivity contribution in [2.45, 2.75) is 36.3 Å². The number of piperidine rings is 1. The van der Waals surface area contributed by atoms with Gasteiger partial charge in [-0.05, 0) is 42.8 Å². The molecule has 3 aromatic carbocycles. The van der Waals surface area contributed by atoms with Crippen LogP contribution in [0, 0.1) is 5.82 Å². The average Bonchev–Trinajstić information content (AvgIpc) is 3.85. The summed E-state index contributed by atoms with van der Waals surface area (Å²) in [6.45, 7) is 2.79. The first kappa shape index (κ1) is 43.8. The quantitative estimate of drug-likeness (QED) is 0.0598. The molecule has 322 valence electrons. The number of aromatic nitrogens is 2. The minimum atomic E-state index is -1.02. The number of hydrogen-bond acceptors (Lipinski definition) is 15. The number of imide groups is 2. The van der Waals surface area contributed by atoms with Crippen molar-refractivity contribution < 1.29 is 56.8 Å². The third kappa shape index (κ3) is 11.2. The number of amides is 5. The fourth-order valence-corrected chi connectivity index (χ4v) is 7.82. The number of ether oxygens (including phenoxy) is 6. The van der Waals surface area contributed by atoms with Crippen LogP contribution < -0.4 is 20.7 Å². The van der Waals surface area contributed by atoms with E-state index in [9.17, 15) is 28.4 Å². The number of hydrogen-bond donors (Lipinski definition) is 3. The molecule has 0 saturated carbocycles. The smallest absolute Gasteiger partial charge is 0.263 e. The van der Waals surface area contributed by atoms with Gasteiger partial charge in [-0.3, -0.25) is 34.2 Å². The summed E-state index contributed by atoms with van der Waals surface area (Å²) in [6, 6.07) is 11.6. The number of carbonyl (C=O) groups excluding carboxylic acids is 5. The summed E-state index contributed by atoms with van der Waals surface area (Å²) in [4.78, 5) is 73.5. The summed E-state index contributed by atoms with van der Waals surface area (Å²) < 4.78 is 47.7. The number of rotatable bonds is 21. The fraction of sp³-hybridized carbons (Fsp3) is 0.390. The minimum absolute atomic E-state index is 0.0461. The monoisotopic (exact) mass is 880 g/mol. The number of halogens is 2. The van der Waals surface area contributed by atoms with Gasteiger partial charge in [-0.1, -0.05) is 17.7 Å². The standard InChI is InChI=1S/C41H42ClFN6O11S/c42-28-18-24(4-5-29(28)43)46-38-27-19-31(33(20-30(27)44-23-45-38)60-25-8-9-58-21-25)47-36(51)22-59-15-14-56-11-10-55-12-13-57-16-17-61-34-3-1-2-26-37(34)41(54)49(40(26)53)32-6-7-35(50)48-39(32)52/h1-5,18-20,23,25,32H,6-17,21-22H2,(H,47,51)(H,44,45,46)(H,48,50,52)/t25-,32?/m0/s1. The molecule has 2 saturated heterocycles. The Morgan fingerprint density at radius 2 is 1.70 bits per heavy atom. The summed E-state index contributed by atoms with van der Waals surface area (Å²) in [5, 5.41) is 8.71. The van der Waals surface area contributed by atoms with Crippen molar-refractivity contribution in [1.29, 1.82) is 0 Å². The lowest BCUT2D eigenvalue weighted by Gasteiger charge is -2.27. The number of benzene rings is 3. The van der Waals surface area contributed by atoms with E-state index in [0.717, 1.165) is 4.90 Å². The zero-order valence-corrected chi connectivity index (χ0v) is 34.3.